The summed E-state index contributed by atoms with van der Waals surface area (Å²) in [6.07, 6.45) is 1.45. The number of halogens is 2. The Morgan fingerprint density at radius 3 is 2.52 bits per heavy atom. The molecule has 1 fully saturated rings. The molecule has 1 aliphatic heterocycles. The van der Waals surface area contributed by atoms with Gasteiger partial charge in [0.1, 0.15) is 11.6 Å². The van der Waals surface area contributed by atoms with Crippen LogP contribution in [0.4, 0.5) is 4.39 Å². The number of piperazine rings is 1. The van der Waals surface area contributed by atoms with E-state index in [2.05, 4.69) is 0 Å². The number of furan rings is 1. The molecular formula is C17H16ClFN2O4. The van der Waals surface area contributed by atoms with Crippen LogP contribution in [0.3, 0.4) is 0 Å². The lowest BCUT2D eigenvalue weighted by Gasteiger charge is -2.34. The van der Waals surface area contributed by atoms with Crippen LogP contribution in [-0.4, -0.2) is 54.4 Å². The van der Waals surface area contributed by atoms with Crippen molar-refractivity contribution in [1.29, 1.82) is 0 Å². The molecule has 0 atom stereocenters. The van der Waals surface area contributed by atoms with Gasteiger partial charge in [-0.1, -0.05) is 11.6 Å². The first-order valence-electron chi connectivity index (χ1n) is 7.73. The third-order valence-electron chi connectivity index (χ3n) is 3.90. The molecule has 1 aromatic heterocycles. The van der Waals surface area contributed by atoms with Crippen molar-refractivity contribution in [2.75, 3.05) is 32.8 Å². The molecule has 2 heterocycles. The molecular weight excluding hydrogens is 351 g/mol. The molecule has 132 valence electrons. The van der Waals surface area contributed by atoms with E-state index in [-0.39, 0.29) is 29.2 Å². The van der Waals surface area contributed by atoms with Crippen molar-refractivity contribution in [2.24, 2.45) is 0 Å². The van der Waals surface area contributed by atoms with Gasteiger partial charge in [-0.25, -0.2) is 4.39 Å². The Morgan fingerprint density at radius 2 is 1.88 bits per heavy atom. The van der Waals surface area contributed by atoms with E-state index in [1.807, 2.05) is 0 Å². The first kappa shape index (κ1) is 17.3. The highest BCUT2D eigenvalue weighted by Crippen LogP contribution is 2.21. The second-order valence-electron chi connectivity index (χ2n) is 5.51. The summed E-state index contributed by atoms with van der Waals surface area (Å²) in [4.78, 5) is 27.6. The van der Waals surface area contributed by atoms with Crippen molar-refractivity contribution in [3.8, 4) is 5.75 Å². The number of hydrogen-bond donors (Lipinski definition) is 0. The fraction of sp³-hybridized carbons (Fsp3) is 0.294. The zero-order valence-electron chi connectivity index (χ0n) is 13.3. The van der Waals surface area contributed by atoms with Gasteiger partial charge in [0.25, 0.3) is 11.8 Å². The number of carbonyl (C=O) groups excluding carboxylic acids is 2. The van der Waals surface area contributed by atoms with E-state index in [1.165, 1.54) is 24.5 Å². The van der Waals surface area contributed by atoms with Crippen LogP contribution in [0.5, 0.6) is 5.75 Å². The zero-order valence-corrected chi connectivity index (χ0v) is 14.0. The Labute approximate surface area is 148 Å². The molecule has 1 saturated heterocycles. The second-order valence-corrected chi connectivity index (χ2v) is 5.92. The van der Waals surface area contributed by atoms with Gasteiger partial charge in [-0.2, -0.15) is 0 Å². The SMILES string of the molecule is O=C(COc1ccc(F)c(Cl)c1)N1CCN(C(=O)c2ccco2)CC1. The summed E-state index contributed by atoms with van der Waals surface area (Å²) in [5, 5.41) is -0.0602. The highest BCUT2D eigenvalue weighted by Gasteiger charge is 2.26. The fourth-order valence-corrected chi connectivity index (χ4v) is 2.69. The molecule has 0 unspecified atom stereocenters. The van der Waals surface area contributed by atoms with Crippen molar-refractivity contribution >= 4 is 23.4 Å². The molecule has 0 saturated carbocycles. The second kappa shape index (κ2) is 7.57. The minimum Gasteiger partial charge on any atom is -0.484 e. The standard InChI is InChI=1S/C17H16ClFN2O4/c18-13-10-12(3-4-14(13)19)25-11-16(22)20-5-7-21(8-6-20)17(23)15-2-1-9-24-15/h1-4,9-10H,5-8,11H2. The maximum absolute atomic E-state index is 13.1. The van der Waals surface area contributed by atoms with Crippen LogP contribution >= 0.6 is 11.6 Å². The highest BCUT2D eigenvalue weighted by atomic mass is 35.5. The van der Waals surface area contributed by atoms with Crippen molar-refractivity contribution < 1.29 is 23.1 Å². The first-order valence-corrected chi connectivity index (χ1v) is 8.11. The fourth-order valence-electron chi connectivity index (χ4n) is 2.52. The number of carbonyl (C=O) groups is 2. The van der Waals surface area contributed by atoms with Gasteiger partial charge in [-0.3, -0.25) is 9.59 Å². The van der Waals surface area contributed by atoms with E-state index in [0.717, 1.165) is 0 Å². The average molecular weight is 367 g/mol. The maximum Gasteiger partial charge on any atom is 0.289 e. The largest absolute Gasteiger partial charge is 0.484 e. The van der Waals surface area contributed by atoms with E-state index < -0.39 is 5.82 Å². The molecule has 1 aliphatic rings. The number of hydrogen-bond acceptors (Lipinski definition) is 4. The van der Waals surface area contributed by atoms with Crippen LogP contribution in [0.2, 0.25) is 5.02 Å². The molecule has 8 heteroatoms. The molecule has 0 N–H and O–H groups in total. The van der Waals surface area contributed by atoms with E-state index in [0.29, 0.717) is 31.9 Å². The van der Waals surface area contributed by atoms with Crippen LogP contribution < -0.4 is 4.74 Å². The first-order chi connectivity index (χ1) is 12.0. The van der Waals surface area contributed by atoms with Crippen molar-refractivity contribution in [1.82, 2.24) is 9.80 Å². The van der Waals surface area contributed by atoms with Crippen molar-refractivity contribution in [3.05, 3.63) is 53.2 Å². The van der Waals surface area contributed by atoms with E-state index >= 15 is 0 Å². The predicted molar refractivity (Wildman–Crippen MR) is 88.1 cm³/mol. The summed E-state index contributed by atoms with van der Waals surface area (Å²) in [6.45, 7) is 1.51. The molecule has 25 heavy (non-hydrogen) atoms. The minimum absolute atomic E-state index is 0.0602. The molecule has 2 amide bonds. The number of benzene rings is 1. The van der Waals surface area contributed by atoms with E-state index in [9.17, 15) is 14.0 Å². The van der Waals surface area contributed by atoms with Gasteiger partial charge in [-0.05, 0) is 24.3 Å². The quantitative estimate of drug-likeness (QED) is 0.833. The monoisotopic (exact) mass is 366 g/mol. The van der Waals surface area contributed by atoms with Gasteiger partial charge >= 0.3 is 0 Å². The molecule has 3 rings (SSSR count). The zero-order chi connectivity index (χ0) is 17.8. The lowest BCUT2D eigenvalue weighted by Crippen LogP contribution is -2.51. The van der Waals surface area contributed by atoms with Crippen molar-refractivity contribution in [3.63, 3.8) is 0 Å². The van der Waals surface area contributed by atoms with Gasteiger partial charge in [0.2, 0.25) is 0 Å². The summed E-state index contributed by atoms with van der Waals surface area (Å²) in [7, 11) is 0. The molecule has 0 radical (unpaired) electrons. The summed E-state index contributed by atoms with van der Waals surface area (Å²) < 4.78 is 23.5. The lowest BCUT2D eigenvalue weighted by atomic mass is 10.3. The van der Waals surface area contributed by atoms with Gasteiger partial charge in [0, 0.05) is 32.2 Å². The molecule has 1 aromatic carbocycles. The molecule has 6 nitrogen and oxygen atoms in total. The number of nitrogens with zero attached hydrogens (tertiary/aromatic N) is 2. The van der Waals surface area contributed by atoms with E-state index in [1.54, 1.807) is 21.9 Å². The van der Waals surface area contributed by atoms with Gasteiger partial charge in [0.05, 0.1) is 11.3 Å². The van der Waals surface area contributed by atoms with Crippen LogP contribution in [0.15, 0.2) is 41.0 Å². The topological polar surface area (TPSA) is 63.0 Å². The Kier molecular flexibility index (Phi) is 5.23. The predicted octanol–water partition coefficient (Wildman–Crippen LogP) is 2.44. The lowest BCUT2D eigenvalue weighted by molar-refractivity contribution is -0.134. The van der Waals surface area contributed by atoms with Gasteiger partial charge in [-0.15, -0.1) is 0 Å². The average Bonchev–Trinajstić information content (AvgIpc) is 3.16. The molecule has 0 aliphatic carbocycles. The summed E-state index contributed by atoms with van der Waals surface area (Å²) >= 11 is 5.67. The summed E-state index contributed by atoms with van der Waals surface area (Å²) in [5.41, 5.74) is 0. The Bertz CT molecular complexity index is 758. The van der Waals surface area contributed by atoms with Crippen LogP contribution in [0.1, 0.15) is 10.6 Å². The molecule has 0 spiro atoms. The highest BCUT2D eigenvalue weighted by molar-refractivity contribution is 6.30. The Balaban J connectivity index is 1.48. The molecule has 2 aromatic rings. The number of rotatable bonds is 4. The van der Waals surface area contributed by atoms with Gasteiger partial charge < -0.3 is 19.0 Å². The third-order valence-corrected chi connectivity index (χ3v) is 4.19. The van der Waals surface area contributed by atoms with Gasteiger partial charge in [0.15, 0.2) is 12.4 Å². The van der Waals surface area contributed by atoms with E-state index in [4.69, 9.17) is 20.8 Å². The maximum atomic E-state index is 13.1. The Morgan fingerprint density at radius 1 is 1.16 bits per heavy atom. The smallest absolute Gasteiger partial charge is 0.289 e. The number of amides is 2. The van der Waals surface area contributed by atoms with Crippen molar-refractivity contribution in [2.45, 2.75) is 0 Å². The van der Waals surface area contributed by atoms with Crippen LogP contribution in [-0.2, 0) is 4.79 Å². The summed E-state index contributed by atoms with van der Waals surface area (Å²) in [6, 6.07) is 7.19. The van der Waals surface area contributed by atoms with Crippen LogP contribution in [0, 0.1) is 5.82 Å². The third kappa shape index (κ3) is 4.11. The Hall–Kier alpha value is -2.54. The normalized spacial score (nSPS) is 14.5. The minimum atomic E-state index is -0.544. The molecule has 0 bridgehead atoms. The summed E-state index contributed by atoms with van der Waals surface area (Å²) in [5.74, 6) is -0.319. The van der Waals surface area contributed by atoms with Crippen LogP contribution in [0.25, 0.3) is 0 Å². The number of ether oxygens (including phenoxy) is 1.